The van der Waals surface area contributed by atoms with Crippen LogP contribution in [-0.2, 0) is 15.2 Å². The van der Waals surface area contributed by atoms with Crippen molar-refractivity contribution in [2.24, 2.45) is 0 Å². The van der Waals surface area contributed by atoms with Crippen LogP contribution in [0.1, 0.15) is 31.5 Å². The first-order valence-electron chi connectivity index (χ1n) is 9.44. The summed E-state index contributed by atoms with van der Waals surface area (Å²) in [5, 5.41) is 3.11. The van der Waals surface area contributed by atoms with Crippen LogP contribution in [0, 0.1) is 11.6 Å². The number of H-pyrrole nitrogens is 1. The molecule has 1 aliphatic carbocycles. The predicted molar refractivity (Wildman–Crippen MR) is 105 cm³/mol. The lowest BCUT2D eigenvalue weighted by Gasteiger charge is -2.35. The highest BCUT2D eigenvalue weighted by Crippen LogP contribution is 2.31. The number of aromatic nitrogens is 2. The van der Waals surface area contributed by atoms with E-state index in [2.05, 4.69) is 15.3 Å². The van der Waals surface area contributed by atoms with Gasteiger partial charge in [-0.3, -0.25) is 4.79 Å². The van der Waals surface area contributed by atoms with Crippen LogP contribution in [0.2, 0.25) is 0 Å². The summed E-state index contributed by atoms with van der Waals surface area (Å²) in [5.41, 5.74) is -0.459. The number of anilines is 1. The van der Waals surface area contributed by atoms with Gasteiger partial charge in [0.25, 0.3) is 5.56 Å². The van der Waals surface area contributed by atoms with Crippen molar-refractivity contribution in [2.75, 3.05) is 25.6 Å². The fourth-order valence-corrected chi connectivity index (χ4v) is 4.65. The predicted octanol–water partition coefficient (Wildman–Crippen LogP) is 3.20. The Morgan fingerprint density at radius 1 is 1.32 bits per heavy atom. The number of aromatic amines is 1. The maximum Gasteiger partial charge on any atom is 0.261 e. The Morgan fingerprint density at radius 2 is 2.07 bits per heavy atom. The summed E-state index contributed by atoms with van der Waals surface area (Å²) in [4.78, 5) is 19.3. The van der Waals surface area contributed by atoms with Gasteiger partial charge in [-0.05, 0) is 31.7 Å². The van der Waals surface area contributed by atoms with Gasteiger partial charge in [-0.25, -0.2) is 13.8 Å². The number of hydrogen-bond donors (Lipinski definition) is 2. The molecule has 9 heteroatoms. The van der Waals surface area contributed by atoms with E-state index in [0.29, 0.717) is 16.8 Å². The molecule has 0 atom stereocenters. The molecule has 0 spiro atoms. The SMILES string of the molecule is CO[C@H]1C[C@H](Nc2cc3nc(CSC4CCOCC4)[nH]c(=O)c3c(F)c2F)C1. The zero-order valence-electron chi connectivity index (χ0n) is 15.6. The number of fused-ring (bicyclic) bond motifs is 1. The van der Waals surface area contributed by atoms with E-state index in [1.54, 1.807) is 18.9 Å². The van der Waals surface area contributed by atoms with E-state index in [1.165, 1.54) is 6.07 Å². The lowest BCUT2D eigenvalue weighted by Crippen LogP contribution is -2.40. The van der Waals surface area contributed by atoms with Crippen LogP contribution in [-0.4, -0.2) is 47.7 Å². The molecule has 1 saturated carbocycles. The molecule has 0 bridgehead atoms. The summed E-state index contributed by atoms with van der Waals surface area (Å²) in [6.07, 6.45) is 3.51. The summed E-state index contributed by atoms with van der Waals surface area (Å²) in [6.45, 7) is 1.48. The third-order valence-electron chi connectivity index (χ3n) is 5.34. The molecular formula is C19H23F2N3O3S. The van der Waals surface area contributed by atoms with Crippen LogP contribution < -0.4 is 10.9 Å². The molecule has 0 unspecified atom stereocenters. The number of ether oxygens (including phenoxy) is 2. The second-order valence-corrected chi connectivity index (χ2v) is 8.54. The number of nitrogens with zero attached hydrogens (tertiary/aromatic N) is 1. The first-order valence-corrected chi connectivity index (χ1v) is 10.5. The fraction of sp³-hybridized carbons (Fsp3) is 0.579. The van der Waals surface area contributed by atoms with E-state index in [-0.39, 0.29) is 28.7 Å². The van der Waals surface area contributed by atoms with E-state index < -0.39 is 17.2 Å². The Morgan fingerprint density at radius 3 is 2.79 bits per heavy atom. The molecule has 1 aliphatic heterocycles. The minimum atomic E-state index is -1.17. The molecule has 6 nitrogen and oxygen atoms in total. The van der Waals surface area contributed by atoms with Crippen molar-refractivity contribution in [2.45, 2.75) is 48.8 Å². The van der Waals surface area contributed by atoms with E-state index in [9.17, 15) is 13.6 Å². The van der Waals surface area contributed by atoms with Gasteiger partial charge in [0.1, 0.15) is 11.2 Å². The van der Waals surface area contributed by atoms with Crippen molar-refractivity contribution in [1.29, 1.82) is 0 Å². The Hall–Kier alpha value is -1.71. The van der Waals surface area contributed by atoms with Crippen LogP contribution in [0.15, 0.2) is 10.9 Å². The van der Waals surface area contributed by atoms with Gasteiger partial charge in [-0.1, -0.05) is 0 Å². The summed E-state index contributed by atoms with van der Waals surface area (Å²) < 4.78 is 39.5. The Labute approximate surface area is 165 Å². The maximum atomic E-state index is 14.5. The summed E-state index contributed by atoms with van der Waals surface area (Å²) >= 11 is 1.70. The van der Waals surface area contributed by atoms with Gasteiger partial charge in [0.15, 0.2) is 11.6 Å². The molecule has 2 aromatic rings. The second-order valence-electron chi connectivity index (χ2n) is 7.25. The first kappa shape index (κ1) is 19.6. The molecule has 2 N–H and O–H groups in total. The molecule has 2 fully saturated rings. The van der Waals surface area contributed by atoms with Crippen LogP contribution in [0.5, 0.6) is 0 Å². The van der Waals surface area contributed by atoms with Crippen LogP contribution in [0.4, 0.5) is 14.5 Å². The van der Waals surface area contributed by atoms with Gasteiger partial charge in [0, 0.05) is 31.6 Å². The van der Waals surface area contributed by atoms with Gasteiger partial charge in [0.05, 0.1) is 23.1 Å². The number of hydrogen-bond acceptors (Lipinski definition) is 6. The minimum absolute atomic E-state index is 0.0156. The Kier molecular flexibility index (Phi) is 5.84. The van der Waals surface area contributed by atoms with Gasteiger partial charge in [0.2, 0.25) is 0 Å². The molecule has 2 aliphatic rings. The van der Waals surface area contributed by atoms with Crippen LogP contribution in [0.25, 0.3) is 10.9 Å². The molecule has 152 valence electrons. The van der Waals surface area contributed by atoms with Gasteiger partial charge >= 0.3 is 0 Å². The molecule has 28 heavy (non-hydrogen) atoms. The van der Waals surface area contributed by atoms with Gasteiger partial charge in [-0.15, -0.1) is 0 Å². The zero-order chi connectivity index (χ0) is 19.7. The average Bonchev–Trinajstić information content (AvgIpc) is 2.66. The standard InChI is InChI=1S/C19H23F2N3O3S/c1-26-11-6-10(7-11)22-14-8-13-16(18(21)17(14)20)19(25)24-15(23-13)9-28-12-2-4-27-5-3-12/h8,10-12,22H,2-7,9H2,1H3,(H,23,24,25)/t10-,11-. The van der Waals surface area contributed by atoms with Gasteiger partial charge < -0.3 is 19.8 Å². The maximum absolute atomic E-state index is 14.5. The summed E-state index contributed by atoms with van der Waals surface area (Å²) in [5.74, 6) is -1.24. The number of methoxy groups -OCH3 is 1. The van der Waals surface area contributed by atoms with Gasteiger partial charge in [-0.2, -0.15) is 11.8 Å². The van der Waals surface area contributed by atoms with Crippen molar-refractivity contribution >= 4 is 28.4 Å². The largest absolute Gasteiger partial charge is 0.381 e. The number of benzene rings is 1. The molecule has 1 aromatic heterocycles. The molecule has 0 radical (unpaired) electrons. The highest BCUT2D eigenvalue weighted by molar-refractivity contribution is 7.99. The lowest BCUT2D eigenvalue weighted by atomic mass is 9.89. The Balaban J connectivity index is 1.56. The third kappa shape index (κ3) is 4.01. The smallest absolute Gasteiger partial charge is 0.261 e. The molecular weight excluding hydrogens is 388 g/mol. The second kappa shape index (κ2) is 8.34. The van der Waals surface area contributed by atoms with E-state index in [1.807, 2.05) is 0 Å². The number of nitrogens with one attached hydrogen (secondary N) is 2. The van der Waals surface area contributed by atoms with Crippen molar-refractivity contribution in [3.8, 4) is 0 Å². The third-order valence-corrected chi connectivity index (χ3v) is 6.72. The summed E-state index contributed by atoms with van der Waals surface area (Å²) in [7, 11) is 1.63. The number of halogens is 2. The normalized spacial score (nSPS) is 23.0. The lowest BCUT2D eigenvalue weighted by molar-refractivity contribution is 0.0328. The molecule has 2 heterocycles. The topological polar surface area (TPSA) is 76.2 Å². The van der Waals surface area contributed by atoms with E-state index >= 15 is 0 Å². The zero-order valence-corrected chi connectivity index (χ0v) is 16.4. The number of thioether (sulfide) groups is 1. The quantitative estimate of drug-likeness (QED) is 0.760. The van der Waals surface area contributed by atoms with Crippen molar-refractivity contribution in [3.05, 3.63) is 33.9 Å². The average molecular weight is 411 g/mol. The van der Waals surface area contributed by atoms with E-state index in [4.69, 9.17) is 9.47 Å². The monoisotopic (exact) mass is 411 g/mol. The van der Waals surface area contributed by atoms with E-state index in [0.717, 1.165) is 38.9 Å². The molecule has 1 aromatic carbocycles. The molecule has 4 rings (SSSR count). The van der Waals surface area contributed by atoms with Crippen LogP contribution in [0.3, 0.4) is 0 Å². The minimum Gasteiger partial charge on any atom is -0.381 e. The summed E-state index contributed by atoms with van der Waals surface area (Å²) in [6, 6.07) is 1.44. The highest BCUT2D eigenvalue weighted by Gasteiger charge is 2.30. The fourth-order valence-electron chi connectivity index (χ4n) is 3.59. The van der Waals surface area contributed by atoms with Crippen molar-refractivity contribution < 1.29 is 18.3 Å². The van der Waals surface area contributed by atoms with Crippen LogP contribution >= 0.6 is 11.8 Å². The number of rotatable bonds is 6. The first-order chi connectivity index (χ1) is 13.5. The molecule has 0 amide bonds. The van der Waals surface area contributed by atoms with Crippen molar-refractivity contribution in [1.82, 2.24) is 9.97 Å². The molecule has 1 saturated heterocycles. The highest BCUT2D eigenvalue weighted by atomic mass is 32.2. The Bertz CT molecular complexity index is 911. The van der Waals surface area contributed by atoms with Crippen molar-refractivity contribution in [3.63, 3.8) is 0 Å².